The zero-order chi connectivity index (χ0) is 19.3. The average Bonchev–Trinajstić information content (AvgIpc) is 2.87. The van der Waals surface area contributed by atoms with E-state index in [-0.39, 0.29) is 23.7 Å². The molecular weight excluding hydrogens is 360 g/mol. The van der Waals surface area contributed by atoms with Crippen molar-refractivity contribution in [1.82, 2.24) is 9.62 Å². The standard InChI is InChI=1S/C16H18N4O5S/c1-11(16(22)25-10-14(21)20(2)9-5-8-17)18-15-12-6-3-4-7-13(12)26(23,24)19-15/h3-4,6-7,11H,5,9-10H2,1-2H3,(H,18,19). The van der Waals surface area contributed by atoms with Gasteiger partial charge in [0.1, 0.15) is 11.9 Å². The van der Waals surface area contributed by atoms with Gasteiger partial charge in [0.15, 0.2) is 6.61 Å². The number of carbonyl (C=O) groups excluding carboxylic acids is 2. The van der Waals surface area contributed by atoms with Crippen LogP contribution in [0.15, 0.2) is 34.2 Å². The van der Waals surface area contributed by atoms with E-state index in [1.165, 1.54) is 24.9 Å². The van der Waals surface area contributed by atoms with Crippen molar-refractivity contribution < 1.29 is 22.7 Å². The quantitative estimate of drug-likeness (QED) is 0.695. The van der Waals surface area contributed by atoms with E-state index in [1.54, 1.807) is 18.2 Å². The highest BCUT2D eigenvalue weighted by Gasteiger charge is 2.31. The molecule has 0 spiro atoms. The Morgan fingerprint density at radius 1 is 1.38 bits per heavy atom. The molecule has 0 saturated heterocycles. The number of sulfonamides is 1. The minimum atomic E-state index is -3.69. The number of likely N-dealkylation sites (N-methyl/N-ethyl adjacent to an activating group) is 1. The van der Waals surface area contributed by atoms with Crippen LogP contribution in [0.5, 0.6) is 0 Å². The lowest BCUT2D eigenvalue weighted by atomic mass is 10.2. The molecule has 138 valence electrons. The fourth-order valence-electron chi connectivity index (χ4n) is 2.18. The highest BCUT2D eigenvalue weighted by atomic mass is 32.2. The summed E-state index contributed by atoms with van der Waals surface area (Å²) in [5.41, 5.74) is 0.375. The maximum absolute atomic E-state index is 12.0. The summed E-state index contributed by atoms with van der Waals surface area (Å²) in [6.07, 6.45) is 0.180. The first-order valence-electron chi connectivity index (χ1n) is 7.74. The summed E-state index contributed by atoms with van der Waals surface area (Å²) < 4.78 is 31.2. The summed E-state index contributed by atoms with van der Waals surface area (Å²) >= 11 is 0. The summed E-state index contributed by atoms with van der Waals surface area (Å²) in [6, 6.07) is 7.19. The second-order valence-corrected chi connectivity index (χ2v) is 7.24. The van der Waals surface area contributed by atoms with Crippen molar-refractivity contribution in [2.24, 2.45) is 4.99 Å². The molecular formula is C16H18N4O5S. The molecule has 1 heterocycles. The molecule has 1 atom stereocenters. The molecule has 0 bridgehead atoms. The third-order valence-corrected chi connectivity index (χ3v) is 5.05. The van der Waals surface area contributed by atoms with Crippen LogP contribution in [0.1, 0.15) is 18.9 Å². The van der Waals surface area contributed by atoms with E-state index in [4.69, 9.17) is 10.00 Å². The number of amidine groups is 1. The van der Waals surface area contributed by atoms with Crippen LogP contribution in [0.2, 0.25) is 0 Å². The van der Waals surface area contributed by atoms with E-state index in [0.717, 1.165) is 0 Å². The molecule has 1 amide bonds. The molecule has 1 N–H and O–H groups in total. The van der Waals surface area contributed by atoms with Crippen LogP contribution in [0.4, 0.5) is 0 Å². The number of hydrogen-bond acceptors (Lipinski definition) is 7. The summed E-state index contributed by atoms with van der Waals surface area (Å²) in [5, 5.41) is 8.49. The number of rotatable bonds is 6. The summed E-state index contributed by atoms with van der Waals surface area (Å²) in [6.45, 7) is 1.20. The van der Waals surface area contributed by atoms with Gasteiger partial charge in [0.25, 0.3) is 15.9 Å². The van der Waals surface area contributed by atoms with Gasteiger partial charge in [-0.1, -0.05) is 12.1 Å². The fourth-order valence-corrected chi connectivity index (χ4v) is 3.42. The van der Waals surface area contributed by atoms with Crippen LogP contribution in [0, 0.1) is 11.3 Å². The van der Waals surface area contributed by atoms with Crippen molar-refractivity contribution in [2.45, 2.75) is 24.3 Å². The Labute approximate surface area is 151 Å². The van der Waals surface area contributed by atoms with E-state index in [9.17, 15) is 18.0 Å². The SMILES string of the molecule is CC(N=C1NS(=O)(=O)c2ccccc21)C(=O)OCC(=O)N(C)CCC#N. The molecule has 1 aliphatic heterocycles. The van der Waals surface area contributed by atoms with Crippen molar-refractivity contribution in [3.05, 3.63) is 29.8 Å². The Kier molecular flexibility index (Phi) is 5.94. The van der Waals surface area contributed by atoms with Gasteiger partial charge in [0.2, 0.25) is 0 Å². The molecule has 9 nitrogen and oxygen atoms in total. The Morgan fingerprint density at radius 2 is 2.08 bits per heavy atom. The largest absolute Gasteiger partial charge is 0.454 e. The topological polar surface area (TPSA) is 129 Å². The number of ether oxygens (including phenoxy) is 1. The number of esters is 1. The molecule has 10 heteroatoms. The van der Waals surface area contributed by atoms with Crippen LogP contribution in [0.25, 0.3) is 0 Å². The monoisotopic (exact) mass is 378 g/mol. The lowest BCUT2D eigenvalue weighted by Crippen LogP contribution is -2.33. The van der Waals surface area contributed by atoms with Crippen LogP contribution in [-0.2, 0) is 24.3 Å². The number of carbonyl (C=O) groups is 2. The highest BCUT2D eigenvalue weighted by Crippen LogP contribution is 2.22. The van der Waals surface area contributed by atoms with Gasteiger partial charge in [-0.2, -0.15) is 5.26 Å². The number of fused-ring (bicyclic) bond motifs is 1. The predicted molar refractivity (Wildman–Crippen MR) is 91.6 cm³/mol. The van der Waals surface area contributed by atoms with Crippen LogP contribution >= 0.6 is 0 Å². The van der Waals surface area contributed by atoms with Crippen LogP contribution < -0.4 is 4.72 Å². The van der Waals surface area contributed by atoms with Gasteiger partial charge in [-0.3, -0.25) is 14.5 Å². The first-order valence-corrected chi connectivity index (χ1v) is 9.22. The molecule has 0 saturated carbocycles. The van der Waals surface area contributed by atoms with Crippen molar-refractivity contribution in [2.75, 3.05) is 20.2 Å². The van der Waals surface area contributed by atoms with Gasteiger partial charge in [-0.15, -0.1) is 0 Å². The summed E-state index contributed by atoms with van der Waals surface area (Å²) in [4.78, 5) is 29.2. The van der Waals surface area contributed by atoms with Crippen LogP contribution in [0.3, 0.4) is 0 Å². The molecule has 1 aromatic carbocycles. The number of nitrogens with one attached hydrogen (secondary N) is 1. The van der Waals surface area contributed by atoms with Gasteiger partial charge in [0.05, 0.1) is 17.4 Å². The molecule has 1 aromatic rings. The van der Waals surface area contributed by atoms with Crippen molar-refractivity contribution in [3.63, 3.8) is 0 Å². The van der Waals surface area contributed by atoms with Gasteiger partial charge < -0.3 is 9.64 Å². The Bertz CT molecular complexity index is 888. The number of aliphatic imine (C=N–C) groups is 1. The fraction of sp³-hybridized carbons (Fsp3) is 0.375. The maximum atomic E-state index is 12.0. The zero-order valence-electron chi connectivity index (χ0n) is 14.3. The lowest BCUT2D eigenvalue weighted by Gasteiger charge is -2.16. The van der Waals surface area contributed by atoms with Gasteiger partial charge in [0, 0.05) is 19.2 Å². The second kappa shape index (κ2) is 7.97. The molecule has 26 heavy (non-hydrogen) atoms. The maximum Gasteiger partial charge on any atom is 0.331 e. The average molecular weight is 378 g/mol. The normalized spacial score (nSPS) is 16.9. The summed E-state index contributed by atoms with van der Waals surface area (Å²) in [5.74, 6) is -1.15. The first kappa shape index (κ1) is 19.4. The smallest absolute Gasteiger partial charge is 0.331 e. The van der Waals surface area contributed by atoms with E-state index in [0.29, 0.717) is 5.56 Å². The van der Waals surface area contributed by atoms with E-state index < -0.39 is 34.5 Å². The second-order valence-electron chi connectivity index (χ2n) is 5.59. The molecule has 1 unspecified atom stereocenters. The first-order chi connectivity index (χ1) is 12.3. The van der Waals surface area contributed by atoms with Gasteiger partial charge in [-0.05, 0) is 19.1 Å². The van der Waals surface area contributed by atoms with Crippen molar-refractivity contribution in [3.8, 4) is 6.07 Å². The zero-order valence-corrected chi connectivity index (χ0v) is 15.1. The Hall–Kier alpha value is -2.93. The molecule has 2 rings (SSSR count). The van der Waals surface area contributed by atoms with Gasteiger partial charge >= 0.3 is 5.97 Å². The number of hydrogen-bond donors (Lipinski definition) is 1. The van der Waals surface area contributed by atoms with Crippen molar-refractivity contribution >= 4 is 27.7 Å². The molecule has 0 fully saturated rings. The molecule has 0 radical (unpaired) electrons. The third-order valence-electron chi connectivity index (χ3n) is 3.65. The highest BCUT2D eigenvalue weighted by molar-refractivity contribution is 7.90. The third kappa shape index (κ3) is 4.37. The number of nitriles is 1. The molecule has 0 aliphatic carbocycles. The Morgan fingerprint density at radius 3 is 2.77 bits per heavy atom. The number of amides is 1. The molecule has 0 aromatic heterocycles. The van der Waals surface area contributed by atoms with E-state index in [1.807, 2.05) is 6.07 Å². The summed E-state index contributed by atoms with van der Waals surface area (Å²) in [7, 11) is -2.19. The predicted octanol–water partition coefficient (Wildman–Crippen LogP) is 0.0289. The van der Waals surface area contributed by atoms with Gasteiger partial charge in [-0.25, -0.2) is 13.2 Å². The van der Waals surface area contributed by atoms with E-state index in [2.05, 4.69) is 9.71 Å². The van der Waals surface area contributed by atoms with Crippen LogP contribution in [-0.4, -0.2) is 57.3 Å². The van der Waals surface area contributed by atoms with Crippen molar-refractivity contribution in [1.29, 1.82) is 5.26 Å². The Balaban J connectivity index is 2.01. The van der Waals surface area contributed by atoms with E-state index >= 15 is 0 Å². The molecule has 1 aliphatic rings. The number of nitrogens with zero attached hydrogens (tertiary/aromatic N) is 3. The number of benzene rings is 1. The lowest BCUT2D eigenvalue weighted by molar-refractivity contribution is -0.152. The minimum absolute atomic E-state index is 0.0579. The minimum Gasteiger partial charge on any atom is -0.454 e.